The molecular weight excluding hydrogens is 1330 g/mol. The number of para-hydroxylation sites is 1. The first-order valence-corrected chi connectivity index (χ1v) is 37.1. The molecule has 0 atom stereocenters. The van der Waals surface area contributed by atoms with Crippen LogP contribution in [0.3, 0.4) is 0 Å². The summed E-state index contributed by atoms with van der Waals surface area (Å²) in [7, 11) is 0. The molecule has 0 N–H and O–H groups in total. The van der Waals surface area contributed by atoms with Crippen molar-refractivity contribution in [1.82, 2.24) is 39.0 Å². The predicted octanol–water partition coefficient (Wildman–Crippen LogP) is 25.7. The Balaban J connectivity index is 0.000000141. The van der Waals surface area contributed by atoms with E-state index in [0.29, 0.717) is 34.9 Å². The lowest BCUT2D eigenvalue weighted by atomic mass is 10.0. The topological polar surface area (TPSA) is 87.2 Å². The van der Waals surface area contributed by atoms with E-state index in [1.807, 2.05) is 72.8 Å². The number of fused-ring (bicyclic) bond motifs is 12. The molecule has 0 amide bonds. The minimum absolute atomic E-state index is 0.644. The fourth-order valence-corrected chi connectivity index (χ4v) is 17.4. The van der Waals surface area contributed by atoms with Gasteiger partial charge in [0.2, 0.25) is 0 Å². The molecule has 106 heavy (non-hydrogen) atoms. The summed E-state index contributed by atoms with van der Waals surface area (Å²) in [6, 6.07) is 128. The highest BCUT2D eigenvalue weighted by Crippen LogP contribution is 2.47. The lowest BCUT2D eigenvalue weighted by Gasteiger charge is -2.14. The van der Waals surface area contributed by atoms with E-state index in [1.54, 1.807) is 22.7 Å². The number of hydrogen-bond acceptors (Lipinski definition) is 8. The van der Waals surface area contributed by atoms with Gasteiger partial charge in [-0.05, 0) is 100 Å². The van der Waals surface area contributed by atoms with Gasteiger partial charge >= 0.3 is 0 Å². The average Bonchev–Trinajstić information content (AvgIpc) is 1.57. The van der Waals surface area contributed by atoms with Crippen molar-refractivity contribution >= 4 is 107 Å². The second kappa shape index (κ2) is 26.3. The van der Waals surface area contributed by atoms with E-state index in [9.17, 15) is 0 Å². The molecular formula is C96H60N8S2. The summed E-state index contributed by atoms with van der Waals surface area (Å²) in [6.07, 6.45) is 0. The second-order valence-electron chi connectivity index (χ2n) is 26.5. The molecule has 8 nitrogen and oxygen atoms in total. The molecule has 0 saturated carbocycles. The van der Waals surface area contributed by atoms with Crippen LogP contribution in [-0.2, 0) is 0 Å². The van der Waals surface area contributed by atoms with Crippen molar-refractivity contribution in [3.8, 4) is 113 Å². The summed E-state index contributed by atoms with van der Waals surface area (Å²) in [5, 5.41) is 9.65. The van der Waals surface area contributed by atoms with Crippen LogP contribution in [0.5, 0.6) is 0 Å². The van der Waals surface area contributed by atoms with Gasteiger partial charge in [-0.2, -0.15) is 0 Å². The van der Waals surface area contributed by atoms with Gasteiger partial charge in [0, 0.05) is 107 Å². The minimum atomic E-state index is 0.644. The third-order valence-corrected chi connectivity index (χ3v) is 22.5. The molecule has 10 heteroatoms. The van der Waals surface area contributed by atoms with Crippen molar-refractivity contribution in [3.05, 3.63) is 364 Å². The summed E-state index contributed by atoms with van der Waals surface area (Å²) < 4.78 is 9.60. The van der Waals surface area contributed by atoms with Crippen molar-refractivity contribution in [1.29, 1.82) is 0 Å². The van der Waals surface area contributed by atoms with Crippen LogP contribution in [0.1, 0.15) is 0 Å². The van der Waals surface area contributed by atoms with E-state index in [2.05, 4.69) is 300 Å². The fraction of sp³-hybridized carbons (Fsp3) is 0. The van der Waals surface area contributed by atoms with Crippen molar-refractivity contribution in [2.45, 2.75) is 0 Å². The summed E-state index contributed by atoms with van der Waals surface area (Å²) in [5.74, 6) is 3.89. The number of benzene rings is 15. The maximum absolute atomic E-state index is 5.25. The number of nitrogens with zero attached hydrogens (tertiary/aromatic N) is 8. The molecule has 21 rings (SSSR count). The Bertz CT molecular complexity index is 6710. The second-order valence-corrected chi connectivity index (χ2v) is 28.6. The van der Waals surface area contributed by atoms with Crippen LogP contribution < -0.4 is 0 Å². The van der Waals surface area contributed by atoms with E-state index >= 15 is 0 Å². The van der Waals surface area contributed by atoms with Crippen molar-refractivity contribution < 1.29 is 0 Å². The number of rotatable bonds is 11. The van der Waals surface area contributed by atoms with Gasteiger partial charge in [0.1, 0.15) is 0 Å². The molecule has 0 fully saturated rings. The minimum Gasteiger partial charge on any atom is -0.309 e. The Morgan fingerprint density at radius 3 is 0.868 bits per heavy atom. The van der Waals surface area contributed by atoms with Crippen molar-refractivity contribution in [3.63, 3.8) is 0 Å². The molecule has 0 aliphatic carbocycles. The molecule has 0 radical (unpaired) electrons. The number of hydrogen-bond donors (Lipinski definition) is 0. The Morgan fingerprint density at radius 1 is 0.179 bits per heavy atom. The molecule has 6 aromatic heterocycles. The molecule has 496 valence electrons. The van der Waals surface area contributed by atoms with Crippen molar-refractivity contribution in [2.75, 3.05) is 0 Å². The van der Waals surface area contributed by atoms with Gasteiger partial charge in [0.25, 0.3) is 0 Å². The molecule has 21 aromatic rings. The fourth-order valence-electron chi connectivity index (χ4n) is 15.1. The van der Waals surface area contributed by atoms with Crippen LogP contribution in [0.4, 0.5) is 0 Å². The maximum Gasteiger partial charge on any atom is 0.165 e. The normalized spacial score (nSPS) is 11.6. The summed E-state index contributed by atoms with van der Waals surface area (Å²) >= 11 is 3.58. The van der Waals surface area contributed by atoms with Crippen molar-refractivity contribution in [2.24, 2.45) is 0 Å². The molecule has 6 heterocycles. The zero-order chi connectivity index (χ0) is 70.0. The van der Waals surface area contributed by atoms with Gasteiger partial charge < -0.3 is 9.13 Å². The first-order valence-electron chi connectivity index (χ1n) is 35.5. The molecule has 0 spiro atoms. The average molecular weight is 1390 g/mol. The molecule has 0 aliphatic heterocycles. The third kappa shape index (κ3) is 11.2. The third-order valence-electron chi connectivity index (χ3n) is 20.1. The van der Waals surface area contributed by atoms with Gasteiger partial charge in [0.05, 0.1) is 22.1 Å². The van der Waals surface area contributed by atoms with Gasteiger partial charge in [0.15, 0.2) is 34.9 Å². The first-order chi connectivity index (χ1) is 52.5. The zero-order valence-electron chi connectivity index (χ0n) is 57.0. The molecule has 0 aliphatic rings. The van der Waals surface area contributed by atoms with Gasteiger partial charge in [-0.25, -0.2) is 29.9 Å². The molecule has 0 unspecified atom stereocenters. The van der Waals surface area contributed by atoms with E-state index in [1.165, 1.54) is 85.9 Å². The Kier molecular flexibility index (Phi) is 15.4. The molecule has 15 aromatic carbocycles. The number of thiophene rings is 2. The lowest BCUT2D eigenvalue weighted by molar-refractivity contribution is 1.07. The maximum atomic E-state index is 5.25. The molecule has 0 bridgehead atoms. The quantitative estimate of drug-likeness (QED) is 0.128. The van der Waals surface area contributed by atoms with E-state index < -0.39 is 0 Å². The standard InChI is InChI=1S/C51H32N4S.C45H28N4S/c1-5-15-33(16-6-1)37-25-27-40-41-28-26-38(34-17-7-2-8-18-34)30-46(41)55(45(40)29-37)39-31-43-42-23-13-14-24-47(42)56-48(43)44(32-39)51-53-49(35-19-9-3-10-20-35)52-50(54-51)36-21-11-4-12-22-36;1-4-14-29(15-5-1)32-24-25-40-36(26-32)34-20-10-12-22-39(34)49(40)33-27-37-35-21-11-13-23-41(35)50-42(37)38(28-33)45-47-43(30-16-6-2-7-17-30)46-44(48-45)31-18-8-3-9-19-31/h1-32H;1-28H. The SMILES string of the molecule is c1ccc(-c2ccc3c(c2)c2ccccc2n3-c2cc(-c3nc(-c4ccccc4)nc(-c4ccccc4)n3)c3sc4ccccc4c3c2)cc1.c1ccc(-c2ccc3c4ccc(-c5ccccc5)cc4n(-c4cc(-c5nc(-c6ccccc6)nc(-c6ccccc6)n5)c5sc6ccccc6c5c4)c3c2)cc1. The highest BCUT2D eigenvalue weighted by Gasteiger charge is 2.25. The van der Waals surface area contributed by atoms with Crippen LogP contribution in [-0.4, -0.2) is 39.0 Å². The first kappa shape index (κ1) is 62.2. The van der Waals surface area contributed by atoms with E-state index in [0.717, 1.165) is 76.2 Å². The summed E-state index contributed by atoms with van der Waals surface area (Å²) in [6.45, 7) is 0. The van der Waals surface area contributed by atoms with E-state index in [-0.39, 0.29) is 0 Å². The van der Waals surface area contributed by atoms with Crippen LogP contribution >= 0.6 is 22.7 Å². The predicted molar refractivity (Wildman–Crippen MR) is 443 cm³/mol. The van der Waals surface area contributed by atoms with Crippen LogP contribution in [0.25, 0.3) is 197 Å². The highest BCUT2D eigenvalue weighted by molar-refractivity contribution is 7.26. The Labute approximate surface area is 618 Å². The van der Waals surface area contributed by atoms with Crippen LogP contribution in [0.15, 0.2) is 364 Å². The van der Waals surface area contributed by atoms with E-state index in [4.69, 9.17) is 29.9 Å². The Morgan fingerprint density at radius 2 is 0.472 bits per heavy atom. The Hall–Kier alpha value is -13.6. The van der Waals surface area contributed by atoms with Gasteiger partial charge in [-0.15, -0.1) is 22.7 Å². The number of aromatic nitrogens is 8. The van der Waals surface area contributed by atoms with Crippen LogP contribution in [0, 0.1) is 0 Å². The summed E-state index contributed by atoms with van der Waals surface area (Å²) in [5.41, 5.74) is 19.6. The smallest absolute Gasteiger partial charge is 0.165 e. The van der Waals surface area contributed by atoms with Crippen LogP contribution in [0.2, 0.25) is 0 Å². The zero-order valence-corrected chi connectivity index (χ0v) is 58.7. The largest absolute Gasteiger partial charge is 0.309 e. The summed E-state index contributed by atoms with van der Waals surface area (Å²) in [4.78, 5) is 30.9. The van der Waals surface area contributed by atoms with Gasteiger partial charge in [-0.1, -0.05) is 297 Å². The van der Waals surface area contributed by atoms with Gasteiger partial charge in [-0.3, -0.25) is 0 Å². The monoisotopic (exact) mass is 1390 g/mol. The molecule has 0 saturated heterocycles. The highest BCUT2D eigenvalue weighted by atomic mass is 32.1. The lowest BCUT2D eigenvalue weighted by Crippen LogP contribution is -2.01.